The number of carbonyl (C=O) groups is 1. The van der Waals surface area contributed by atoms with Crippen molar-refractivity contribution in [1.29, 1.82) is 0 Å². The molecule has 0 aliphatic rings. The molecule has 0 radical (unpaired) electrons. The number of carbonyl (C=O) groups excluding carboxylic acids is 1. The molecule has 3 nitrogen and oxygen atoms in total. The lowest BCUT2D eigenvalue weighted by Crippen LogP contribution is -2.23. The van der Waals surface area contributed by atoms with Gasteiger partial charge in [-0.3, -0.25) is 9.36 Å². The SMILES string of the molecule is CN(C)C(=O)CP(=O)(Cl)Cl. The second-order valence-electron chi connectivity index (χ2n) is 2.02. The fraction of sp³-hybridized carbons (Fsp3) is 0.750. The van der Waals surface area contributed by atoms with Crippen LogP contribution in [0.3, 0.4) is 0 Å². The molecule has 1 amide bonds. The summed E-state index contributed by atoms with van der Waals surface area (Å²) in [5.41, 5.74) is 0. The van der Waals surface area contributed by atoms with E-state index in [-0.39, 0.29) is 12.1 Å². The van der Waals surface area contributed by atoms with E-state index in [0.29, 0.717) is 0 Å². The Bertz CT molecular complexity index is 176. The summed E-state index contributed by atoms with van der Waals surface area (Å²) in [6.45, 7) is 0. The van der Waals surface area contributed by atoms with Crippen LogP contribution in [0.2, 0.25) is 0 Å². The van der Waals surface area contributed by atoms with Crippen molar-refractivity contribution in [3.8, 4) is 0 Å². The Labute approximate surface area is 69.2 Å². The first-order valence-electron chi connectivity index (χ1n) is 2.51. The average Bonchev–Trinajstić information content (AvgIpc) is 1.60. The normalized spacial score (nSPS) is 11.2. The number of amides is 1. The molecule has 10 heavy (non-hydrogen) atoms. The fourth-order valence-corrected chi connectivity index (χ4v) is 1.51. The van der Waals surface area contributed by atoms with E-state index in [1.54, 1.807) is 14.1 Å². The molecule has 0 aromatic heterocycles. The molecule has 0 atom stereocenters. The molecule has 6 heteroatoms. The Hall–Kier alpha value is 0.280. The van der Waals surface area contributed by atoms with Gasteiger partial charge in [0.05, 0.1) is 0 Å². The quantitative estimate of drug-likeness (QED) is 0.642. The summed E-state index contributed by atoms with van der Waals surface area (Å²) in [4.78, 5) is 12.0. The minimum atomic E-state index is -3.22. The van der Waals surface area contributed by atoms with Gasteiger partial charge in [0.15, 0.2) is 0 Å². The van der Waals surface area contributed by atoms with Crippen LogP contribution in [0.15, 0.2) is 0 Å². The molecule has 0 heterocycles. The molecule has 0 rings (SSSR count). The summed E-state index contributed by atoms with van der Waals surface area (Å²) < 4.78 is 10.6. The van der Waals surface area contributed by atoms with Crippen LogP contribution in [0.4, 0.5) is 0 Å². The smallest absolute Gasteiger partial charge is 0.262 e. The number of halogens is 2. The first-order valence-corrected chi connectivity index (χ1v) is 6.21. The maximum Gasteiger partial charge on any atom is 0.262 e. The van der Waals surface area contributed by atoms with E-state index < -0.39 is 5.85 Å². The van der Waals surface area contributed by atoms with Gasteiger partial charge < -0.3 is 4.90 Å². The van der Waals surface area contributed by atoms with Gasteiger partial charge in [-0.05, 0) is 22.5 Å². The van der Waals surface area contributed by atoms with Crippen LogP contribution in [0.5, 0.6) is 0 Å². The van der Waals surface area contributed by atoms with Crippen LogP contribution in [0, 0.1) is 0 Å². The molecule has 0 aromatic carbocycles. The monoisotopic (exact) mass is 203 g/mol. The Morgan fingerprint density at radius 2 is 1.90 bits per heavy atom. The largest absolute Gasteiger partial charge is 0.348 e. The van der Waals surface area contributed by atoms with Crippen molar-refractivity contribution in [3.63, 3.8) is 0 Å². The fourth-order valence-electron chi connectivity index (χ4n) is 0.299. The molecule has 0 aromatic rings. The van der Waals surface area contributed by atoms with Gasteiger partial charge in [0.2, 0.25) is 5.91 Å². The van der Waals surface area contributed by atoms with Gasteiger partial charge in [0.1, 0.15) is 6.16 Å². The van der Waals surface area contributed by atoms with E-state index in [0.717, 1.165) is 0 Å². The molecule has 0 unspecified atom stereocenters. The first kappa shape index (κ1) is 10.3. The molecule has 0 bridgehead atoms. The zero-order valence-electron chi connectivity index (χ0n) is 5.67. The lowest BCUT2D eigenvalue weighted by Gasteiger charge is -2.09. The van der Waals surface area contributed by atoms with Crippen molar-refractivity contribution < 1.29 is 9.36 Å². The number of hydrogen-bond acceptors (Lipinski definition) is 2. The van der Waals surface area contributed by atoms with E-state index in [2.05, 4.69) is 0 Å². The maximum absolute atomic E-state index is 10.7. The minimum Gasteiger partial charge on any atom is -0.348 e. The number of hydrogen-bond donors (Lipinski definition) is 0. The molecule has 0 N–H and O–H groups in total. The topological polar surface area (TPSA) is 37.4 Å². The molecule has 60 valence electrons. The summed E-state index contributed by atoms with van der Waals surface area (Å²) >= 11 is 10.3. The van der Waals surface area contributed by atoms with Crippen molar-refractivity contribution >= 4 is 34.2 Å². The third-order valence-corrected chi connectivity index (χ3v) is 2.17. The van der Waals surface area contributed by atoms with Gasteiger partial charge in [0.25, 0.3) is 5.85 Å². The molecule has 0 saturated heterocycles. The third-order valence-electron chi connectivity index (χ3n) is 0.818. The van der Waals surface area contributed by atoms with E-state index in [9.17, 15) is 9.36 Å². The summed E-state index contributed by atoms with van der Waals surface area (Å²) in [7, 11) is 3.09. The van der Waals surface area contributed by atoms with Gasteiger partial charge >= 0.3 is 0 Å². The second-order valence-corrected chi connectivity index (χ2v) is 7.27. The van der Waals surface area contributed by atoms with Crippen molar-refractivity contribution in [2.75, 3.05) is 20.3 Å². The lowest BCUT2D eigenvalue weighted by molar-refractivity contribution is -0.125. The predicted octanol–water partition coefficient (Wildman–Crippen LogP) is 1.75. The summed E-state index contributed by atoms with van der Waals surface area (Å²) in [5.74, 6) is -3.55. The van der Waals surface area contributed by atoms with Crippen molar-refractivity contribution in [1.82, 2.24) is 4.90 Å². The van der Waals surface area contributed by atoms with E-state index in [4.69, 9.17) is 22.5 Å². The van der Waals surface area contributed by atoms with Gasteiger partial charge in [-0.1, -0.05) is 0 Å². The zero-order valence-corrected chi connectivity index (χ0v) is 8.08. The van der Waals surface area contributed by atoms with Crippen molar-refractivity contribution in [3.05, 3.63) is 0 Å². The third kappa shape index (κ3) is 5.10. The highest BCUT2D eigenvalue weighted by molar-refractivity contribution is 8.09. The van der Waals surface area contributed by atoms with Gasteiger partial charge in [-0.25, -0.2) is 0 Å². The van der Waals surface area contributed by atoms with Gasteiger partial charge in [0, 0.05) is 14.1 Å². The Morgan fingerprint density at radius 1 is 1.50 bits per heavy atom. The number of rotatable bonds is 2. The standard InChI is InChI=1S/C4H8Cl2NO2P/c1-7(2)4(8)3-10(5,6)9/h3H2,1-2H3. The number of nitrogens with zero attached hydrogens (tertiary/aromatic N) is 1. The highest BCUT2D eigenvalue weighted by Crippen LogP contribution is 2.56. The zero-order chi connectivity index (χ0) is 8.36. The van der Waals surface area contributed by atoms with Gasteiger partial charge in [-0.2, -0.15) is 0 Å². The first-order chi connectivity index (χ1) is 4.33. The Balaban J connectivity index is 3.94. The van der Waals surface area contributed by atoms with Crippen LogP contribution in [0.1, 0.15) is 0 Å². The molecule has 0 spiro atoms. The average molecular weight is 204 g/mol. The van der Waals surface area contributed by atoms with Crippen LogP contribution in [-0.2, 0) is 9.36 Å². The van der Waals surface area contributed by atoms with Crippen LogP contribution >= 0.6 is 28.3 Å². The van der Waals surface area contributed by atoms with Crippen molar-refractivity contribution in [2.24, 2.45) is 0 Å². The van der Waals surface area contributed by atoms with Crippen molar-refractivity contribution in [2.45, 2.75) is 0 Å². The molecule has 0 saturated carbocycles. The van der Waals surface area contributed by atoms with E-state index >= 15 is 0 Å². The molecular formula is C4H8Cl2NO2P. The summed E-state index contributed by atoms with van der Waals surface area (Å²) in [5, 5.41) is 0. The van der Waals surface area contributed by atoms with E-state index in [1.807, 2.05) is 0 Å². The second kappa shape index (κ2) is 3.61. The molecule has 0 aliphatic heterocycles. The lowest BCUT2D eigenvalue weighted by atomic mass is 10.6. The highest BCUT2D eigenvalue weighted by atomic mass is 35.9. The Kier molecular flexibility index (Phi) is 3.71. The summed E-state index contributed by atoms with van der Waals surface area (Å²) in [6.07, 6.45) is -0.289. The maximum atomic E-state index is 10.7. The van der Waals surface area contributed by atoms with E-state index in [1.165, 1.54) is 4.90 Å². The van der Waals surface area contributed by atoms with Crippen LogP contribution in [-0.4, -0.2) is 31.1 Å². The minimum absolute atomic E-state index is 0.289. The highest BCUT2D eigenvalue weighted by Gasteiger charge is 2.19. The predicted molar refractivity (Wildman–Crippen MR) is 42.9 cm³/mol. The van der Waals surface area contributed by atoms with Gasteiger partial charge in [-0.15, -0.1) is 0 Å². The molecule has 0 aliphatic carbocycles. The Morgan fingerprint density at radius 3 is 2.00 bits per heavy atom. The molecule has 0 fully saturated rings. The molecular weight excluding hydrogens is 196 g/mol. The summed E-state index contributed by atoms with van der Waals surface area (Å²) in [6, 6.07) is 0. The van der Waals surface area contributed by atoms with Crippen LogP contribution in [0.25, 0.3) is 0 Å². The van der Waals surface area contributed by atoms with Crippen LogP contribution < -0.4 is 0 Å².